The van der Waals surface area contributed by atoms with E-state index in [1.54, 1.807) is 42.6 Å². The summed E-state index contributed by atoms with van der Waals surface area (Å²) in [5.74, 6) is -1.05. The van der Waals surface area contributed by atoms with Crippen molar-refractivity contribution in [2.75, 3.05) is 18.2 Å². The summed E-state index contributed by atoms with van der Waals surface area (Å²) in [5.41, 5.74) is 0.803. The Labute approximate surface area is 137 Å². The van der Waals surface area contributed by atoms with Crippen LogP contribution in [0.4, 0.5) is 5.69 Å². The Balaban J connectivity index is 1.94. The Kier molecular flexibility index (Phi) is 5.80. The lowest BCUT2D eigenvalue weighted by molar-refractivity contribution is -0.119. The molecule has 1 aromatic heterocycles. The maximum atomic E-state index is 12.0. The van der Waals surface area contributed by atoms with Gasteiger partial charge in [0.15, 0.2) is 6.61 Å². The molecule has 1 heterocycles. The van der Waals surface area contributed by atoms with E-state index in [0.717, 1.165) is 0 Å². The summed E-state index contributed by atoms with van der Waals surface area (Å²) < 4.78 is 5.00. The van der Waals surface area contributed by atoms with Gasteiger partial charge in [0, 0.05) is 6.20 Å². The number of carbonyl (C=O) groups excluding carboxylic acids is 2. The van der Waals surface area contributed by atoms with Crippen LogP contribution < -0.4 is 5.32 Å². The van der Waals surface area contributed by atoms with Crippen LogP contribution in [0.25, 0.3) is 0 Å². The molecule has 2 rings (SSSR count). The Morgan fingerprint density at radius 2 is 2.05 bits per heavy atom. The second kappa shape index (κ2) is 7.82. The van der Waals surface area contributed by atoms with Crippen LogP contribution in [0, 0.1) is 0 Å². The van der Waals surface area contributed by atoms with Gasteiger partial charge in [0.05, 0.1) is 16.3 Å². The molecule has 0 spiro atoms. The second-order valence-corrected chi connectivity index (χ2v) is 5.37. The SMILES string of the molecule is CSc1ncccc1C(=O)OCC(=O)Nc1ccccc1Cl. The van der Waals surface area contributed by atoms with Crippen LogP contribution >= 0.6 is 23.4 Å². The maximum Gasteiger partial charge on any atom is 0.341 e. The Morgan fingerprint density at radius 1 is 1.27 bits per heavy atom. The van der Waals surface area contributed by atoms with Crippen LogP contribution in [-0.2, 0) is 9.53 Å². The highest BCUT2D eigenvalue weighted by Crippen LogP contribution is 2.20. The number of hydrogen-bond acceptors (Lipinski definition) is 5. The highest BCUT2D eigenvalue weighted by molar-refractivity contribution is 7.98. The molecular formula is C15H13ClN2O3S. The predicted octanol–water partition coefficient (Wildman–Crippen LogP) is 3.25. The number of aromatic nitrogens is 1. The number of halogens is 1. The number of esters is 1. The minimum absolute atomic E-state index is 0.334. The molecule has 0 saturated carbocycles. The first-order chi connectivity index (χ1) is 10.6. The molecule has 2 aromatic rings. The fourth-order valence-electron chi connectivity index (χ4n) is 1.67. The topological polar surface area (TPSA) is 68.3 Å². The Hall–Kier alpha value is -2.05. The van der Waals surface area contributed by atoms with Crippen LogP contribution in [-0.4, -0.2) is 29.7 Å². The fourth-order valence-corrected chi connectivity index (χ4v) is 2.39. The number of anilines is 1. The van der Waals surface area contributed by atoms with Gasteiger partial charge in [-0.15, -0.1) is 11.8 Å². The van der Waals surface area contributed by atoms with E-state index in [1.807, 2.05) is 6.26 Å². The van der Waals surface area contributed by atoms with Crippen LogP contribution in [0.5, 0.6) is 0 Å². The first-order valence-corrected chi connectivity index (χ1v) is 7.92. The number of amides is 1. The van der Waals surface area contributed by atoms with E-state index in [1.165, 1.54) is 11.8 Å². The molecule has 0 aliphatic rings. The molecule has 0 saturated heterocycles. The molecule has 7 heteroatoms. The molecule has 0 fully saturated rings. The van der Waals surface area contributed by atoms with Gasteiger partial charge in [-0.1, -0.05) is 23.7 Å². The minimum Gasteiger partial charge on any atom is -0.452 e. The molecule has 0 aliphatic carbocycles. The number of pyridine rings is 1. The van der Waals surface area contributed by atoms with E-state index in [9.17, 15) is 9.59 Å². The van der Waals surface area contributed by atoms with Crippen molar-refractivity contribution in [1.82, 2.24) is 4.98 Å². The number of ether oxygens (including phenoxy) is 1. The van der Waals surface area contributed by atoms with Crippen molar-refractivity contribution in [3.8, 4) is 0 Å². The van der Waals surface area contributed by atoms with Gasteiger partial charge in [-0.05, 0) is 30.5 Å². The summed E-state index contributed by atoms with van der Waals surface area (Å²) >= 11 is 7.27. The number of thioether (sulfide) groups is 1. The lowest BCUT2D eigenvalue weighted by Gasteiger charge is -2.09. The molecule has 0 unspecified atom stereocenters. The van der Waals surface area contributed by atoms with Crippen LogP contribution in [0.3, 0.4) is 0 Å². The van der Waals surface area contributed by atoms with Gasteiger partial charge >= 0.3 is 5.97 Å². The number of hydrogen-bond donors (Lipinski definition) is 1. The molecule has 1 N–H and O–H groups in total. The van der Waals surface area contributed by atoms with Gasteiger partial charge in [-0.25, -0.2) is 9.78 Å². The van der Waals surface area contributed by atoms with Crippen LogP contribution in [0.1, 0.15) is 10.4 Å². The Bertz CT molecular complexity index is 694. The molecule has 0 atom stereocenters. The first-order valence-electron chi connectivity index (χ1n) is 6.32. The number of para-hydroxylation sites is 1. The molecule has 5 nitrogen and oxygen atoms in total. The summed E-state index contributed by atoms with van der Waals surface area (Å²) in [7, 11) is 0. The van der Waals surface area contributed by atoms with Gasteiger partial charge in [0.2, 0.25) is 0 Å². The standard InChI is InChI=1S/C15H13ClN2O3S/c1-22-14-10(5-4-8-17-14)15(20)21-9-13(19)18-12-7-3-2-6-11(12)16/h2-8H,9H2,1H3,(H,18,19). The lowest BCUT2D eigenvalue weighted by Crippen LogP contribution is -2.21. The number of rotatable bonds is 5. The molecule has 0 bridgehead atoms. The van der Waals surface area contributed by atoms with Gasteiger partial charge in [-0.3, -0.25) is 4.79 Å². The van der Waals surface area contributed by atoms with E-state index >= 15 is 0 Å². The summed E-state index contributed by atoms with van der Waals surface area (Å²) in [6.45, 7) is -0.396. The number of nitrogens with one attached hydrogen (secondary N) is 1. The second-order valence-electron chi connectivity index (χ2n) is 4.16. The van der Waals surface area contributed by atoms with Gasteiger partial charge in [0.25, 0.3) is 5.91 Å². The number of carbonyl (C=O) groups is 2. The van der Waals surface area contributed by atoms with Crippen molar-refractivity contribution in [2.24, 2.45) is 0 Å². The number of nitrogens with zero attached hydrogens (tertiary/aromatic N) is 1. The quantitative estimate of drug-likeness (QED) is 0.670. The largest absolute Gasteiger partial charge is 0.452 e. The first kappa shape index (κ1) is 16.3. The predicted molar refractivity (Wildman–Crippen MR) is 86.4 cm³/mol. The normalized spacial score (nSPS) is 10.1. The third-order valence-corrected chi connectivity index (χ3v) is 3.71. The molecule has 1 aromatic carbocycles. The van der Waals surface area contributed by atoms with Gasteiger partial charge in [-0.2, -0.15) is 0 Å². The van der Waals surface area contributed by atoms with Crippen molar-refractivity contribution in [2.45, 2.75) is 5.03 Å². The average Bonchev–Trinajstić information content (AvgIpc) is 2.54. The van der Waals surface area contributed by atoms with Gasteiger partial charge < -0.3 is 10.1 Å². The van der Waals surface area contributed by atoms with E-state index in [-0.39, 0.29) is 0 Å². The minimum atomic E-state index is -0.591. The highest BCUT2D eigenvalue weighted by atomic mass is 35.5. The monoisotopic (exact) mass is 336 g/mol. The van der Waals surface area contributed by atoms with E-state index in [4.69, 9.17) is 16.3 Å². The molecule has 22 heavy (non-hydrogen) atoms. The molecular weight excluding hydrogens is 324 g/mol. The lowest BCUT2D eigenvalue weighted by atomic mass is 10.3. The van der Waals surface area contributed by atoms with Crippen LogP contribution in [0.15, 0.2) is 47.6 Å². The molecule has 0 aliphatic heterocycles. The zero-order valence-electron chi connectivity index (χ0n) is 11.7. The van der Waals surface area contributed by atoms with Crippen molar-refractivity contribution in [3.05, 3.63) is 53.2 Å². The summed E-state index contributed by atoms with van der Waals surface area (Å²) in [6, 6.07) is 10.1. The van der Waals surface area contributed by atoms with Crippen LogP contribution in [0.2, 0.25) is 5.02 Å². The summed E-state index contributed by atoms with van der Waals surface area (Å²) in [6.07, 6.45) is 3.40. The zero-order chi connectivity index (χ0) is 15.9. The zero-order valence-corrected chi connectivity index (χ0v) is 13.3. The third-order valence-electron chi connectivity index (χ3n) is 2.67. The van der Waals surface area contributed by atoms with Crippen molar-refractivity contribution in [3.63, 3.8) is 0 Å². The van der Waals surface area contributed by atoms with Crippen molar-refractivity contribution in [1.29, 1.82) is 0 Å². The summed E-state index contributed by atoms with van der Waals surface area (Å²) in [5, 5.41) is 3.55. The average molecular weight is 337 g/mol. The smallest absolute Gasteiger partial charge is 0.341 e. The van der Waals surface area contributed by atoms with E-state index < -0.39 is 18.5 Å². The fraction of sp³-hybridized carbons (Fsp3) is 0.133. The molecule has 0 radical (unpaired) electrons. The third kappa shape index (κ3) is 4.22. The van der Waals surface area contributed by atoms with E-state index in [2.05, 4.69) is 10.3 Å². The summed E-state index contributed by atoms with van der Waals surface area (Å²) in [4.78, 5) is 27.8. The molecule has 114 valence electrons. The maximum absolute atomic E-state index is 12.0. The van der Waals surface area contributed by atoms with Crippen molar-refractivity contribution >= 4 is 40.9 Å². The Morgan fingerprint density at radius 3 is 2.77 bits per heavy atom. The van der Waals surface area contributed by atoms with Gasteiger partial charge in [0.1, 0.15) is 5.03 Å². The van der Waals surface area contributed by atoms with Crippen molar-refractivity contribution < 1.29 is 14.3 Å². The number of benzene rings is 1. The highest BCUT2D eigenvalue weighted by Gasteiger charge is 2.15. The molecule has 1 amide bonds. The van der Waals surface area contributed by atoms with E-state index in [0.29, 0.717) is 21.3 Å².